The summed E-state index contributed by atoms with van der Waals surface area (Å²) in [4.78, 5) is 2.49. The lowest BCUT2D eigenvalue weighted by Crippen LogP contribution is -2.25. The van der Waals surface area contributed by atoms with Crippen molar-refractivity contribution in [3.63, 3.8) is 0 Å². The first-order chi connectivity index (χ1) is 11.7. The fourth-order valence-electron chi connectivity index (χ4n) is 3.99. The van der Waals surface area contributed by atoms with Crippen molar-refractivity contribution in [2.24, 2.45) is 0 Å². The molecule has 0 saturated heterocycles. The van der Waals surface area contributed by atoms with Gasteiger partial charge in [0, 0.05) is 34.6 Å². The molecule has 0 aliphatic carbocycles. The first-order valence-electron chi connectivity index (χ1n) is 8.84. The molecule has 24 heavy (non-hydrogen) atoms. The monoisotopic (exact) mass is 338 g/mol. The van der Waals surface area contributed by atoms with E-state index in [0.29, 0.717) is 0 Å². The zero-order valence-electron chi connectivity index (χ0n) is 14.3. The van der Waals surface area contributed by atoms with Crippen molar-refractivity contribution < 1.29 is 0 Å². The van der Waals surface area contributed by atoms with Crippen LogP contribution in [0.2, 0.25) is 5.02 Å². The molecule has 3 heteroatoms. The first-order valence-corrected chi connectivity index (χ1v) is 9.22. The number of likely N-dealkylation sites (N-methyl/N-ethyl adjacent to an activating group) is 1. The largest absolute Gasteiger partial charge is 0.336 e. The van der Waals surface area contributed by atoms with Crippen LogP contribution in [0.3, 0.4) is 0 Å². The summed E-state index contributed by atoms with van der Waals surface area (Å²) in [7, 11) is 0. The van der Waals surface area contributed by atoms with Crippen LogP contribution in [0.1, 0.15) is 25.0 Å². The van der Waals surface area contributed by atoms with Crippen LogP contribution >= 0.6 is 11.6 Å². The summed E-state index contributed by atoms with van der Waals surface area (Å²) in [6.07, 6.45) is 1.06. The number of nitrogens with zero attached hydrogens (tertiary/aromatic N) is 2. The van der Waals surface area contributed by atoms with Crippen LogP contribution < -0.4 is 0 Å². The highest BCUT2D eigenvalue weighted by Gasteiger charge is 2.25. The van der Waals surface area contributed by atoms with E-state index in [1.807, 2.05) is 6.07 Å². The average molecular weight is 339 g/mol. The third-order valence-corrected chi connectivity index (χ3v) is 5.54. The maximum atomic E-state index is 6.31. The maximum Gasteiger partial charge on any atom is 0.0531 e. The molecular weight excluding hydrogens is 316 g/mol. The summed E-state index contributed by atoms with van der Waals surface area (Å²) in [5, 5.41) is 2.14. The predicted molar refractivity (Wildman–Crippen MR) is 103 cm³/mol. The maximum absolute atomic E-state index is 6.31. The smallest absolute Gasteiger partial charge is 0.0531 e. The van der Waals surface area contributed by atoms with E-state index in [1.54, 1.807) is 0 Å². The molecular formula is C21H23ClN2. The van der Waals surface area contributed by atoms with Gasteiger partial charge >= 0.3 is 0 Å². The molecule has 0 atom stereocenters. The molecule has 0 fully saturated rings. The van der Waals surface area contributed by atoms with E-state index in [1.165, 1.54) is 33.3 Å². The van der Waals surface area contributed by atoms with Gasteiger partial charge in [0.1, 0.15) is 0 Å². The van der Waals surface area contributed by atoms with Gasteiger partial charge in [-0.05, 0) is 48.8 Å². The number of fused-ring (bicyclic) bond motifs is 5. The topological polar surface area (TPSA) is 8.17 Å². The van der Waals surface area contributed by atoms with Crippen molar-refractivity contribution in [3.8, 4) is 11.3 Å². The molecule has 0 N–H and O–H groups in total. The summed E-state index contributed by atoms with van der Waals surface area (Å²) < 4.78 is 2.47. The SMILES string of the molecule is CCN(CC)CCc1c2n(c3ccc(Cl)cc13)Cc1ccccc1-2. The fourth-order valence-corrected chi connectivity index (χ4v) is 4.16. The molecule has 2 heterocycles. The molecule has 0 radical (unpaired) electrons. The van der Waals surface area contributed by atoms with Gasteiger partial charge in [0.05, 0.1) is 5.69 Å². The summed E-state index contributed by atoms with van der Waals surface area (Å²) in [6, 6.07) is 15.1. The molecule has 0 amide bonds. The van der Waals surface area contributed by atoms with Gasteiger partial charge in [-0.3, -0.25) is 0 Å². The molecule has 1 aliphatic rings. The Kier molecular flexibility index (Phi) is 4.11. The van der Waals surface area contributed by atoms with E-state index >= 15 is 0 Å². The zero-order chi connectivity index (χ0) is 16.7. The van der Waals surface area contributed by atoms with Crippen LogP contribution in [-0.2, 0) is 13.0 Å². The number of rotatable bonds is 5. The Morgan fingerprint density at radius 3 is 2.67 bits per heavy atom. The minimum Gasteiger partial charge on any atom is -0.336 e. The lowest BCUT2D eigenvalue weighted by molar-refractivity contribution is 0.308. The number of hydrogen-bond acceptors (Lipinski definition) is 1. The minimum absolute atomic E-state index is 0.823. The van der Waals surface area contributed by atoms with Gasteiger partial charge in [0.15, 0.2) is 0 Å². The quantitative estimate of drug-likeness (QED) is 0.485. The van der Waals surface area contributed by atoms with Crippen LogP contribution in [0.15, 0.2) is 42.5 Å². The van der Waals surface area contributed by atoms with Crippen molar-refractivity contribution >= 4 is 22.5 Å². The summed E-state index contributed by atoms with van der Waals surface area (Å²) in [6.45, 7) is 8.72. The lowest BCUT2D eigenvalue weighted by Gasteiger charge is -2.18. The number of aromatic nitrogens is 1. The molecule has 4 rings (SSSR count). The number of halogens is 1. The molecule has 0 bridgehead atoms. The van der Waals surface area contributed by atoms with Gasteiger partial charge in [-0.15, -0.1) is 0 Å². The predicted octanol–water partition coefficient (Wildman–Crippen LogP) is 5.21. The highest BCUT2D eigenvalue weighted by atomic mass is 35.5. The van der Waals surface area contributed by atoms with Crippen molar-refractivity contribution in [3.05, 3.63) is 58.6 Å². The van der Waals surface area contributed by atoms with Crippen LogP contribution in [0.25, 0.3) is 22.2 Å². The minimum atomic E-state index is 0.823. The van der Waals surface area contributed by atoms with Gasteiger partial charge < -0.3 is 9.47 Å². The Hall–Kier alpha value is -1.77. The van der Waals surface area contributed by atoms with E-state index in [4.69, 9.17) is 11.6 Å². The molecule has 124 valence electrons. The Morgan fingerprint density at radius 2 is 1.88 bits per heavy atom. The van der Waals surface area contributed by atoms with Crippen LogP contribution in [0.4, 0.5) is 0 Å². The molecule has 2 nitrogen and oxygen atoms in total. The number of benzene rings is 2. The second-order valence-corrected chi connectivity index (χ2v) is 6.95. The highest BCUT2D eigenvalue weighted by Crippen LogP contribution is 2.41. The van der Waals surface area contributed by atoms with E-state index in [2.05, 4.69) is 59.7 Å². The third kappa shape index (κ3) is 2.45. The normalized spacial score (nSPS) is 12.8. The Bertz CT molecular complexity index is 890. The second kappa shape index (κ2) is 6.27. The molecule has 0 saturated carbocycles. The van der Waals surface area contributed by atoms with Crippen molar-refractivity contribution in [1.82, 2.24) is 9.47 Å². The summed E-state index contributed by atoms with van der Waals surface area (Å²) in [5.41, 5.74) is 6.97. The van der Waals surface area contributed by atoms with Gasteiger partial charge in [0.25, 0.3) is 0 Å². The Labute approximate surface area is 148 Å². The van der Waals surface area contributed by atoms with Crippen molar-refractivity contribution in [2.75, 3.05) is 19.6 Å². The summed E-state index contributed by atoms with van der Waals surface area (Å²) in [5.74, 6) is 0. The lowest BCUT2D eigenvalue weighted by atomic mass is 10.00. The Morgan fingerprint density at radius 1 is 1.08 bits per heavy atom. The van der Waals surface area contributed by atoms with Gasteiger partial charge in [-0.25, -0.2) is 0 Å². The molecule has 2 aromatic carbocycles. The highest BCUT2D eigenvalue weighted by molar-refractivity contribution is 6.31. The molecule has 0 unspecified atom stereocenters. The van der Waals surface area contributed by atoms with E-state index in [0.717, 1.165) is 37.6 Å². The molecule has 3 aromatic rings. The van der Waals surface area contributed by atoms with Crippen LogP contribution in [0.5, 0.6) is 0 Å². The zero-order valence-corrected chi connectivity index (χ0v) is 15.1. The van der Waals surface area contributed by atoms with Gasteiger partial charge in [-0.1, -0.05) is 49.7 Å². The molecule has 0 spiro atoms. The van der Waals surface area contributed by atoms with E-state index < -0.39 is 0 Å². The Balaban J connectivity index is 1.87. The van der Waals surface area contributed by atoms with Crippen LogP contribution in [-0.4, -0.2) is 29.1 Å². The third-order valence-electron chi connectivity index (χ3n) is 5.30. The van der Waals surface area contributed by atoms with E-state index in [9.17, 15) is 0 Å². The van der Waals surface area contributed by atoms with Crippen LogP contribution in [0, 0.1) is 0 Å². The van der Waals surface area contributed by atoms with Crippen molar-refractivity contribution in [2.45, 2.75) is 26.8 Å². The summed E-state index contributed by atoms with van der Waals surface area (Å²) >= 11 is 6.31. The standard InChI is InChI=1S/C21H23ClN2/c1-3-23(4-2)12-11-18-19-13-16(22)9-10-20(19)24-14-15-7-5-6-8-17(15)21(18)24/h5-10,13H,3-4,11-12,14H2,1-2H3. The number of hydrogen-bond donors (Lipinski definition) is 0. The average Bonchev–Trinajstić information content (AvgIpc) is 3.11. The molecule has 1 aliphatic heterocycles. The van der Waals surface area contributed by atoms with E-state index in [-0.39, 0.29) is 0 Å². The second-order valence-electron chi connectivity index (χ2n) is 6.51. The fraction of sp³-hybridized carbons (Fsp3) is 0.333. The van der Waals surface area contributed by atoms with Crippen molar-refractivity contribution in [1.29, 1.82) is 0 Å². The van der Waals surface area contributed by atoms with Gasteiger partial charge in [0.2, 0.25) is 0 Å². The first kappa shape index (κ1) is 15.7. The molecule has 1 aromatic heterocycles. The van der Waals surface area contributed by atoms with Gasteiger partial charge in [-0.2, -0.15) is 0 Å².